The number of hydrogen-bond acceptors (Lipinski definition) is 6. The van der Waals surface area contributed by atoms with Gasteiger partial charge in [-0.15, -0.1) is 0 Å². The first-order chi connectivity index (χ1) is 11.2. The molecule has 0 radical (unpaired) electrons. The van der Waals surface area contributed by atoms with Gasteiger partial charge in [-0.05, 0) is 40.5 Å². The molecule has 7 heteroatoms. The lowest BCUT2D eigenvalue weighted by molar-refractivity contribution is -0.138. The fourth-order valence-corrected chi connectivity index (χ4v) is 3.09. The van der Waals surface area contributed by atoms with E-state index in [-0.39, 0.29) is 24.5 Å². The quantitative estimate of drug-likeness (QED) is 0.789. The second-order valence-corrected chi connectivity index (χ2v) is 7.29. The van der Waals surface area contributed by atoms with E-state index in [1.165, 1.54) is 0 Å². The van der Waals surface area contributed by atoms with E-state index in [0.717, 1.165) is 12.8 Å². The third-order valence-electron chi connectivity index (χ3n) is 4.10. The summed E-state index contributed by atoms with van der Waals surface area (Å²) in [5.74, 6) is -0.400. The van der Waals surface area contributed by atoms with Crippen molar-refractivity contribution >= 4 is 12.1 Å². The summed E-state index contributed by atoms with van der Waals surface area (Å²) in [4.78, 5) is 27.9. The summed E-state index contributed by atoms with van der Waals surface area (Å²) in [7, 11) is 0. The van der Waals surface area contributed by atoms with E-state index in [9.17, 15) is 14.7 Å². The smallest absolute Gasteiger partial charge is 0.410 e. The predicted molar refractivity (Wildman–Crippen MR) is 88.7 cm³/mol. The van der Waals surface area contributed by atoms with E-state index in [1.807, 2.05) is 25.7 Å². The Morgan fingerprint density at radius 1 is 1.29 bits per heavy atom. The maximum atomic E-state index is 12.3. The topological polar surface area (TPSA) is 79.3 Å². The number of aliphatic hydroxyl groups is 1. The van der Waals surface area contributed by atoms with Crippen LogP contribution in [0.3, 0.4) is 0 Å². The van der Waals surface area contributed by atoms with Gasteiger partial charge in [0, 0.05) is 25.7 Å². The highest BCUT2D eigenvalue weighted by atomic mass is 16.6. The molecule has 0 spiro atoms. The summed E-state index contributed by atoms with van der Waals surface area (Å²) >= 11 is 0. The van der Waals surface area contributed by atoms with Gasteiger partial charge in [0.25, 0.3) is 0 Å². The maximum Gasteiger partial charge on any atom is 0.410 e. The molecule has 0 aromatic carbocycles. The predicted octanol–water partition coefficient (Wildman–Crippen LogP) is 2.08. The Hall–Kier alpha value is -1.76. The standard InChI is InChI=1S/C17H28N2O5/c1-5-23-15(21)13-10-18(11-14(13)20)9-12-7-6-8-19(12)16(22)24-17(2,3)4/h12,20H,5-11H2,1-4H3. The lowest BCUT2D eigenvalue weighted by Crippen LogP contribution is -2.45. The highest BCUT2D eigenvalue weighted by Gasteiger charge is 2.35. The van der Waals surface area contributed by atoms with Gasteiger partial charge < -0.3 is 19.5 Å². The highest BCUT2D eigenvalue weighted by molar-refractivity contribution is 5.90. The summed E-state index contributed by atoms with van der Waals surface area (Å²) in [6.45, 7) is 9.52. The van der Waals surface area contributed by atoms with Crippen molar-refractivity contribution in [2.75, 3.05) is 32.8 Å². The van der Waals surface area contributed by atoms with Crippen LogP contribution >= 0.6 is 0 Å². The SMILES string of the molecule is CCOC(=O)C1=C(O)CN(CC2CCCN2C(=O)OC(C)(C)C)C1. The van der Waals surface area contributed by atoms with Crippen molar-refractivity contribution in [3.8, 4) is 0 Å². The van der Waals surface area contributed by atoms with E-state index in [2.05, 4.69) is 0 Å². The Labute approximate surface area is 143 Å². The van der Waals surface area contributed by atoms with Crippen LogP contribution in [0.2, 0.25) is 0 Å². The molecule has 0 aromatic heterocycles. The number of carbonyl (C=O) groups is 2. The molecule has 0 saturated carbocycles. The van der Waals surface area contributed by atoms with Gasteiger partial charge in [0.2, 0.25) is 0 Å². The molecule has 1 amide bonds. The molecule has 1 fully saturated rings. The largest absolute Gasteiger partial charge is 0.510 e. The number of amides is 1. The molecule has 1 atom stereocenters. The molecule has 2 aliphatic heterocycles. The Morgan fingerprint density at radius 3 is 2.62 bits per heavy atom. The molecule has 0 aliphatic carbocycles. The Bertz CT molecular complexity index is 524. The second-order valence-electron chi connectivity index (χ2n) is 7.29. The fraction of sp³-hybridized carbons (Fsp3) is 0.765. The number of aliphatic hydroxyl groups excluding tert-OH is 1. The van der Waals surface area contributed by atoms with E-state index in [0.29, 0.717) is 31.8 Å². The molecule has 1 saturated heterocycles. The van der Waals surface area contributed by atoms with Crippen LogP contribution in [-0.2, 0) is 14.3 Å². The number of carbonyl (C=O) groups excluding carboxylic acids is 2. The molecular formula is C17H28N2O5. The van der Waals surface area contributed by atoms with Crippen LogP contribution < -0.4 is 0 Å². The van der Waals surface area contributed by atoms with E-state index < -0.39 is 11.6 Å². The van der Waals surface area contributed by atoms with Crippen molar-refractivity contribution in [1.82, 2.24) is 9.80 Å². The summed E-state index contributed by atoms with van der Waals surface area (Å²) in [5, 5.41) is 9.99. The molecule has 24 heavy (non-hydrogen) atoms. The zero-order chi connectivity index (χ0) is 17.9. The van der Waals surface area contributed by atoms with Gasteiger partial charge in [-0.3, -0.25) is 4.90 Å². The number of rotatable bonds is 4. The van der Waals surface area contributed by atoms with Crippen molar-refractivity contribution in [2.24, 2.45) is 0 Å². The van der Waals surface area contributed by atoms with Crippen molar-refractivity contribution in [2.45, 2.75) is 52.2 Å². The number of likely N-dealkylation sites (tertiary alicyclic amines) is 1. The molecule has 0 bridgehead atoms. The molecule has 2 aliphatic rings. The van der Waals surface area contributed by atoms with E-state index >= 15 is 0 Å². The molecule has 7 nitrogen and oxygen atoms in total. The van der Waals surface area contributed by atoms with Gasteiger partial charge in [0.15, 0.2) is 0 Å². The summed E-state index contributed by atoms with van der Waals surface area (Å²) in [6.07, 6.45) is 1.53. The molecule has 0 aromatic rings. The maximum absolute atomic E-state index is 12.3. The molecule has 1 unspecified atom stereocenters. The molecular weight excluding hydrogens is 312 g/mol. The third-order valence-corrected chi connectivity index (χ3v) is 4.10. The van der Waals surface area contributed by atoms with Gasteiger partial charge >= 0.3 is 12.1 Å². The first-order valence-corrected chi connectivity index (χ1v) is 8.51. The monoisotopic (exact) mass is 340 g/mol. The number of ether oxygens (including phenoxy) is 2. The van der Waals surface area contributed by atoms with Crippen LogP contribution in [-0.4, -0.2) is 71.4 Å². The van der Waals surface area contributed by atoms with Gasteiger partial charge in [-0.2, -0.15) is 0 Å². The summed E-state index contributed by atoms with van der Waals surface area (Å²) in [6, 6.07) is 0.0363. The third kappa shape index (κ3) is 4.63. The Kier molecular flexibility index (Phi) is 5.74. The van der Waals surface area contributed by atoms with Crippen LogP contribution in [0.15, 0.2) is 11.3 Å². The van der Waals surface area contributed by atoms with Crippen LogP contribution in [0.5, 0.6) is 0 Å². The van der Waals surface area contributed by atoms with Gasteiger partial charge in [-0.25, -0.2) is 9.59 Å². The molecule has 2 rings (SSSR count). The average molecular weight is 340 g/mol. The van der Waals surface area contributed by atoms with Crippen LogP contribution in [0.4, 0.5) is 4.79 Å². The molecule has 136 valence electrons. The van der Waals surface area contributed by atoms with Gasteiger partial charge in [0.05, 0.1) is 18.7 Å². The highest BCUT2D eigenvalue weighted by Crippen LogP contribution is 2.24. The minimum atomic E-state index is -0.519. The van der Waals surface area contributed by atoms with Crippen molar-refractivity contribution in [1.29, 1.82) is 0 Å². The zero-order valence-electron chi connectivity index (χ0n) is 15.0. The van der Waals surface area contributed by atoms with Crippen LogP contribution in [0.1, 0.15) is 40.5 Å². The fourth-order valence-electron chi connectivity index (χ4n) is 3.09. The normalized spacial score (nSPS) is 22.2. The summed E-state index contributed by atoms with van der Waals surface area (Å²) in [5.41, 5.74) is -0.201. The van der Waals surface area contributed by atoms with Crippen molar-refractivity contribution in [3.63, 3.8) is 0 Å². The number of esters is 1. The molecule has 2 heterocycles. The van der Waals surface area contributed by atoms with Gasteiger partial charge in [0.1, 0.15) is 11.4 Å². The lowest BCUT2D eigenvalue weighted by Gasteiger charge is -2.30. The van der Waals surface area contributed by atoms with E-state index in [4.69, 9.17) is 9.47 Å². The number of nitrogens with zero attached hydrogens (tertiary/aromatic N) is 2. The Balaban J connectivity index is 1.92. The summed E-state index contributed by atoms with van der Waals surface area (Å²) < 4.78 is 10.4. The van der Waals surface area contributed by atoms with E-state index in [1.54, 1.807) is 11.8 Å². The van der Waals surface area contributed by atoms with Gasteiger partial charge in [-0.1, -0.05) is 0 Å². The van der Waals surface area contributed by atoms with Crippen LogP contribution in [0, 0.1) is 0 Å². The average Bonchev–Trinajstić information content (AvgIpc) is 3.04. The van der Waals surface area contributed by atoms with Crippen LogP contribution in [0.25, 0.3) is 0 Å². The first-order valence-electron chi connectivity index (χ1n) is 8.51. The first kappa shape index (κ1) is 18.6. The second kappa shape index (κ2) is 7.42. The minimum absolute atomic E-state index is 0.0363. The lowest BCUT2D eigenvalue weighted by atomic mass is 10.2. The molecule has 1 N–H and O–H groups in total. The Morgan fingerprint density at radius 2 is 2.00 bits per heavy atom. The van der Waals surface area contributed by atoms with Crippen molar-refractivity contribution < 1.29 is 24.2 Å². The zero-order valence-corrected chi connectivity index (χ0v) is 15.0. The minimum Gasteiger partial charge on any atom is -0.510 e. The van der Waals surface area contributed by atoms with Crippen molar-refractivity contribution in [3.05, 3.63) is 11.3 Å². The number of hydrogen-bond donors (Lipinski definition) is 1.